The number of hydrogen-bond acceptors (Lipinski definition) is 8. The number of nitrogens with zero attached hydrogens (tertiary/aromatic N) is 4. The molecule has 4 amide bonds. The van der Waals surface area contributed by atoms with Crippen LogP contribution in [0.4, 0.5) is 20.2 Å². The van der Waals surface area contributed by atoms with Gasteiger partial charge in [-0.15, -0.1) is 0 Å². The standard InChI is InChI=1S/C25H31ClFN3O3.C23H27ClFN3O3/c1-4-5-24(31)28-22-12-20(26)8-11-23(22)33-16-25(32)30-14-17(2)29(13-18(30)3)15-19-6-9-21(27)10-7-19;1-15-12-28(16(2)11-27(15)13-18-4-7-20(25)8-5-18)23(30)14-31-22-9-6-19(24)10-21(22)26-17(3)29/h6-12,17-18H,4-5,13-16H2,1-3H3,(H,28,31);4-10,15-16H,11-14H2,1-3H3,(H,26,29)/t17-,18+;15-,16+/m11/s1. The van der Waals surface area contributed by atoms with Crippen molar-refractivity contribution in [1.82, 2.24) is 19.6 Å². The van der Waals surface area contributed by atoms with Gasteiger partial charge in [-0.2, -0.15) is 0 Å². The Bertz CT molecular complexity index is 2220. The van der Waals surface area contributed by atoms with E-state index in [2.05, 4.69) is 34.3 Å². The summed E-state index contributed by atoms with van der Waals surface area (Å²) in [6.45, 7) is 15.2. The van der Waals surface area contributed by atoms with Crippen LogP contribution in [-0.2, 0) is 32.3 Å². The van der Waals surface area contributed by atoms with Gasteiger partial charge in [0.2, 0.25) is 11.8 Å². The summed E-state index contributed by atoms with van der Waals surface area (Å²) in [5.41, 5.74) is 2.97. The van der Waals surface area contributed by atoms with E-state index in [-0.39, 0.29) is 72.6 Å². The Hall–Kier alpha value is -5.28. The Morgan fingerprint density at radius 3 is 1.41 bits per heavy atom. The first-order chi connectivity index (χ1) is 30.5. The van der Waals surface area contributed by atoms with Crippen LogP contribution in [0.1, 0.15) is 65.5 Å². The molecule has 2 aliphatic rings. The van der Waals surface area contributed by atoms with Gasteiger partial charge in [0.1, 0.15) is 23.1 Å². The van der Waals surface area contributed by atoms with Crippen molar-refractivity contribution in [3.05, 3.63) is 118 Å². The Morgan fingerprint density at radius 1 is 0.609 bits per heavy atom. The van der Waals surface area contributed by atoms with Gasteiger partial charge in [-0.3, -0.25) is 29.0 Å². The van der Waals surface area contributed by atoms with Gasteiger partial charge in [-0.1, -0.05) is 54.4 Å². The number of ether oxygens (including phenoxy) is 2. The van der Waals surface area contributed by atoms with E-state index in [4.69, 9.17) is 32.7 Å². The third kappa shape index (κ3) is 14.6. The molecule has 2 fully saturated rings. The smallest absolute Gasteiger partial charge is 0.260 e. The van der Waals surface area contributed by atoms with Crippen molar-refractivity contribution in [2.45, 2.75) is 91.6 Å². The maximum Gasteiger partial charge on any atom is 0.260 e. The lowest BCUT2D eigenvalue weighted by molar-refractivity contribution is -0.140. The van der Waals surface area contributed by atoms with E-state index < -0.39 is 0 Å². The fraction of sp³-hybridized carbons (Fsp3) is 0.417. The first kappa shape index (κ1) is 49.7. The monoisotopic (exact) mass is 922 g/mol. The Morgan fingerprint density at radius 2 is 1.02 bits per heavy atom. The highest BCUT2D eigenvalue weighted by Crippen LogP contribution is 2.30. The van der Waals surface area contributed by atoms with Gasteiger partial charge in [0.25, 0.3) is 11.8 Å². The number of carbonyl (C=O) groups excluding carboxylic acids is 4. The molecule has 2 N–H and O–H groups in total. The van der Waals surface area contributed by atoms with Crippen LogP contribution in [0, 0.1) is 11.6 Å². The maximum absolute atomic E-state index is 13.2. The molecule has 4 aromatic rings. The van der Waals surface area contributed by atoms with E-state index in [1.165, 1.54) is 31.2 Å². The van der Waals surface area contributed by atoms with Crippen LogP contribution < -0.4 is 20.1 Å². The zero-order valence-corrected chi connectivity index (χ0v) is 38.7. The van der Waals surface area contributed by atoms with Crippen molar-refractivity contribution >= 4 is 58.2 Å². The van der Waals surface area contributed by atoms with Gasteiger partial charge >= 0.3 is 0 Å². The van der Waals surface area contributed by atoms with Crippen LogP contribution in [0.3, 0.4) is 0 Å². The van der Waals surface area contributed by atoms with Crippen molar-refractivity contribution in [1.29, 1.82) is 0 Å². The number of carbonyl (C=O) groups is 4. The zero-order valence-electron chi connectivity index (χ0n) is 37.2. The molecule has 2 aliphatic heterocycles. The molecular formula is C48H58Cl2F2N6O6. The third-order valence-corrected chi connectivity index (χ3v) is 11.6. The highest BCUT2D eigenvalue weighted by molar-refractivity contribution is 6.31. The van der Waals surface area contributed by atoms with Gasteiger partial charge in [-0.25, -0.2) is 8.78 Å². The fourth-order valence-electron chi connectivity index (χ4n) is 7.71. The summed E-state index contributed by atoms with van der Waals surface area (Å²) in [5, 5.41) is 6.40. The lowest BCUT2D eigenvalue weighted by atomic mass is 10.1. The molecule has 0 aromatic heterocycles. The zero-order chi connectivity index (χ0) is 46.5. The first-order valence-electron chi connectivity index (χ1n) is 21.5. The Balaban J connectivity index is 0.000000241. The van der Waals surface area contributed by atoms with Crippen LogP contribution in [0.15, 0.2) is 84.9 Å². The van der Waals surface area contributed by atoms with Gasteiger partial charge < -0.3 is 29.9 Å². The minimum Gasteiger partial charge on any atom is -0.482 e. The molecule has 16 heteroatoms. The molecule has 344 valence electrons. The number of benzene rings is 4. The first-order valence-corrected chi connectivity index (χ1v) is 22.2. The molecule has 2 saturated heterocycles. The minimum absolute atomic E-state index is 0.00620. The van der Waals surface area contributed by atoms with Crippen molar-refractivity contribution in [3.63, 3.8) is 0 Å². The summed E-state index contributed by atoms with van der Waals surface area (Å²) in [5.74, 6) is -0.307. The second kappa shape index (κ2) is 23.6. The molecule has 64 heavy (non-hydrogen) atoms. The van der Waals surface area contributed by atoms with E-state index in [1.807, 2.05) is 30.6 Å². The van der Waals surface area contributed by atoms with Crippen molar-refractivity contribution in [2.24, 2.45) is 0 Å². The van der Waals surface area contributed by atoms with Gasteiger partial charge in [-0.05, 0) is 106 Å². The number of rotatable bonds is 14. The molecule has 0 spiro atoms. The summed E-state index contributed by atoms with van der Waals surface area (Å²) in [6.07, 6.45) is 1.12. The molecule has 4 atom stereocenters. The molecule has 0 saturated carbocycles. The topological polar surface area (TPSA) is 124 Å². The number of nitrogens with one attached hydrogen (secondary N) is 2. The van der Waals surface area contributed by atoms with E-state index in [1.54, 1.807) is 60.7 Å². The van der Waals surface area contributed by atoms with Crippen molar-refractivity contribution < 1.29 is 37.4 Å². The van der Waals surface area contributed by atoms with Crippen molar-refractivity contribution in [3.8, 4) is 11.5 Å². The number of hydrogen-bond donors (Lipinski definition) is 2. The highest BCUT2D eigenvalue weighted by atomic mass is 35.5. The molecular weight excluding hydrogens is 865 g/mol. The minimum atomic E-state index is -0.252. The molecule has 6 rings (SSSR count). The Kier molecular flexibility index (Phi) is 18.3. The van der Waals surface area contributed by atoms with E-state index in [0.29, 0.717) is 78.6 Å². The molecule has 0 bridgehead atoms. The van der Waals surface area contributed by atoms with Crippen LogP contribution in [-0.4, -0.2) is 107 Å². The summed E-state index contributed by atoms with van der Waals surface area (Å²) < 4.78 is 37.8. The van der Waals surface area contributed by atoms with Crippen molar-refractivity contribution in [2.75, 3.05) is 50.0 Å². The molecule has 4 aromatic carbocycles. The predicted molar refractivity (Wildman–Crippen MR) is 247 cm³/mol. The summed E-state index contributed by atoms with van der Waals surface area (Å²) in [4.78, 5) is 57.5. The van der Waals surface area contributed by atoms with Crippen LogP contribution >= 0.6 is 23.2 Å². The van der Waals surface area contributed by atoms with Crippen LogP contribution in [0.5, 0.6) is 11.5 Å². The van der Waals surface area contributed by atoms with Gasteiger partial charge in [0.15, 0.2) is 13.2 Å². The molecule has 0 aliphatic carbocycles. The van der Waals surface area contributed by atoms with Gasteiger partial charge in [0, 0.05) is 86.8 Å². The lowest BCUT2D eigenvalue weighted by Crippen LogP contribution is -2.58. The number of halogens is 4. The van der Waals surface area contributed by atoms with Crippen LogP contribution in [0.25, 0.3) is 0 Å². The average molecular weight is 924 g/mol. The largest absolute Gasteiger partial charge is 0.482 e. The summed E-state index contributed by atoms with van der Waals surface area (Å²) in [7, 11) is 0. The third-order valence-electron chi connectivity index (χ3n) is 11.1. The van der Waals surface area contributed by atoms with E-state index in [9.17, 15) is 28.0 Å². The summed E-state index contributed by atoms with van der Waals surface area (Å²) >= 11 is 12.1. The molecule has 2 heterocycles. The van der Waals surface area contributed by atoms with Crippen LogP contribution in [0.2, 0.25) is 10.0 Å². The average Bonchev–Trinajstić information content (AvgIpc) is 3.24. The number of anilines is 2. The SMILES string of the molecule is CC(=O)Nc1cc(Cl)ccc1OCC(=O)N1C[C@@H](C)N(Cc2ccc(F)cc2)C[C@@H]1C.CCCC(=O)Nc1cc(Cl)ccc1OCC(=O)N1C[C@@H](C)N(Cc2ccc(F)cc2)C[C@@H]1C. The number of piperazine rings is 2. The highest BCUT2D eigenvalue weighted by Gasteiger charge is 2.33. The Labute approximate surface area is 384 Å². The maximum atomic E-state index is 13.2. The van der Waals surface area contributed by atoms with E-state index >= 15 is 0 Å². The fourth-order valence-corrected chi connectivity index (χ4v) is 8.05. The van der Waals surface area contributed by atoms with E-state index in [0.717, 1.165) is 17.5 Å². The van der Waals surface area contributed by atoms with Gasteiger partial charge in [0.05, 0.1) is 11.4 Å². The lowest BCUT2D eigenvalue weighted by Gasteiger charge is -2.44. The normalized spacial score (nSPS) is 19.0. The molecule has 0 radical (unpaired) electrons. The number of amides is 4. The quantitative estimate of drug-likeness (QED) is 0.129. The summed E-state index contributed by atoms with van der Waals surface area (Å²) in [6, 6.07) is 23.1. The predicted octanol–water partition coefficient (Wildman–Crippen LogP) is 8.66. The second-order valence-electron chi connectivity index (χ2n) is 16.4. The molecule has 12 nitrogen and oxygen atoms in total. The molecule has 0 unspecified atom stereocenters. The second-order valence-corrected chi connectivity index (χ2v) is 17.3.